The average molecular weight is 354 g/mol. The molecule has 0 saturated carbocycles. The highest BCUT2D eigenvalue weighted by molar-refractivity contribution is 6.02. The molecule has 0 fully saturated rings. The van der Waals surface area contributed by atoms with Crippen molar-refractivity contribution >= 4 is 17.4 Å². The third kappa shape index (κ3) is 4.10. The van der Waals surface area contributed by atoms with Gasteiger partial charge >= 0.3 is 0 Å². The van der Waals surface area contributed by atoms with Crippen LogP contribution in [0.15, 0.2) is 53.4 Å². The largest absolute Gasteiger partial charge is 0.493 e. The second-order valence-electron chi connectivity index (χ2n) is 5.24. The van der Waals surface area contributed by atoms with Gasteiger partial charge in [0.1, 0.15) is 17.3 Å². The van der Waals surface area contributed by atoms with Crippen LogP contribution < -0.4 is 20.1 Å². The number of anilines is 2. The standard InChI is InChI=1S/C18H18N4O4/c1-24-15-6-5-12(8-16(15)25-2)22-18(23)14-10-21-17(11-19-14)20-9-13-4-3-7-26-13/h3-8,10-11H,9H2,1-2H3,(H,20,21)(H,22,23). The molecule has 8 heteroatoms. The Morgan fingerprint density at radius 3 is 2.62 bits per heavy atom. The number of amides is 1. The minimum Gasteiger partial charge on any atom is -0.493 e. The molecule has 134 valence electrons. The first-order valence-electron chi connectivity index (χ1n) is 7.81. The third-order valence-electron chi connectivity index (χ3n) is 3.55. The number of methoxy groups -OCH3 is 2. The molecule has 2 heterocycles. The Morgan fingerprint density at radius 2 is 1.96 bits per heavy atom. The highest BCUT2D eigenvalue weighted by Crippen LogP contribution is 2.29. The molecular formula is C18H18N4O4. The van der Waals surface area contributed by atoms with Crippen molar-refractivity contribution in [2.24, 2.45) is 0 Å². The van der Waals surface area contributed by atoms with E-state index in [1.165, 1.54) is 19.5 Å². The zero-order valence-electron chi connectivity index (χ0n) is 14.4. The number of aromatic nitrogens is 2. The van der Waals surface area contributed by atoms with Crippen molar-refractivity contribution in [1.82, 2.24) is 9.97 Å². The molecule has 8 nitrogen and oxygen atoms in total. The molecule has 26 heavy (non-hydrogen) atoms. The molecular weight excluding hydrogens is 336 g/mol. The SMILES string of the molecule is COc1ccc(NC(=O)c2cnc(NCc3ccco3)cn2)cc1OC. The zero-order chi connectivity index (χ0) is 18.4. The number of furan rings is 1. The van der Waals surface area contributed by atoms with Gasteiger partial charge in [-0.2, -0.15) is 0 Å². The van der Waals surface area contributed by atoms with Crippen molar-refractivity contribution in [3.8, 4) is 11.5 Å². The summed E-state index contributed by atoms with van der Waals surface area (Å²) in [5.41, 5.74) is 0.762. The van der Waals surface area contributed by atoms with Crippen LogP contribution in [0.25, 0.3) is 0 Å². The second kappa shape index (κ2) is 8.02. The fourth-order valence-corrected chi connectivity index (χ4v) is 2.24. The van der Waals surface area contributed by atoms with Gasteiger partial charge in [-0.05, 0) is 24.3 Å². The van der Waals surface area contributed by atoms with Crippen LogP contribution in [-0.4, -0.2) is 30.1 Å². The smallest absolute Gasteiger partial charge is 0.275 e. The van der Waals surface area contributed by atoms with E-state index in [2.05, 4.69) is 20.6 Å². The molecule has 3 rings (SSSR count). The molecule has 1 aromatic carbocycles. The number of ether oxygens (including phenoxy) is 2. The molecule has 0 radical (unpaired) electrons. The maximum Gasteiger partial charge on any atom is 0.275 e. The lowest BCUT2D eigenvalue weighted by atomic mass is 10.2. The lowest BCUT2D eigenvalue weighted by Gasteiger charge is -2.10. The number of nitrogens with zero attached hydrogens (tertiary/aromatic N) is 2. The summed E-state index contributed by atoms with van der Waals surface area (Å²) in [4.78, 5) is 20.6. The van der Waals surface area contributed by atoms with Gasteiger partial charge in [-0.15, -0.1) is 0 Å². The number of rotatable bonds is 7. The lowest BCUT2D eigenvalue weighted by Crippen LogP contribution is -2.14. The van der Waals surface area contributed by atoms with Crippen molar-refractivity contribution in [1.29, 1.82) is 0 Å². The fourth-order valence-electron chi connectivity index (χ4n) is 2.24. The van der Waals surface area contributed by atoms with E-state index in [9.17, 15) is 4.79 Å². The summed E-state index contributed by atoms with van der Waals surface area (Å²) in [5.74, 6) is 2.06. The second-order valence-corrected chi connectivity index (χ2v) is 5.24. The number of carbonyl (C=O) groups excluding carboxylic acids is 1. The first kappa shape index (κ1) is 17.3. The zero-order valence-corrected chi connectivity index (χ0v) is 14.4. The number of benzene rings is 1. The van der Waals surface area contributed by atoms with Gasteiger partial charge in [-0.25, -0.2) is 9.97 Å². The molecule has 0 saturated heterocycles. The summed E-state index contributed by atoms with van der Waals surface area (Å²) in [6.45, 7) is 0.485. The van der Waals surface area contributed by atoms with Gasteiger partial charge in [0, 0.05) is 11.8 Å². The van der Waals surface area contributed by atoms with E-state index in [-0.39, 0.29) is 11.6 Å². The Kier molecular flexibility index (Phi) is 5.33. The first-order chi connectivity index (χ1) is 12.7. The molecule has 0 aliphatic heterocycles. The van der Waals surface area contributed by atoms with Crippen LogP contribution in [0.2, 0.25) is 0 Å². The molecule has 0 atom stereocenters. The van der Waals surface area contributed by atoms with Crippen molar-refractivity contribution < 1.29 is 18.7 Å². The van der Waals surface area contributed by atoms with Gasteiger partial charge in [0.25, 0.3) is 5.91 Å². The number of hydrogen-bond acceptors (Lipinski definition) is 7. The molecule has 3 aromatic rings. The molecule has 0 bridgehead atoms. The van der Waals surface area contributed by atoms with Gasteiger partial charge in [-0.1, -0.05) is 0 Å². The quantitative estimate of drug-likeness (QED) is 0.673. The summed E-state index contributed by atoms with van der Waals surface area (Å²) in [6.07, 6.45) is 4.50. The van der Waals surface area contributed by atoms with Crippen LogP contribution >= 0.6 is 0 Å². The van der Waals surface area contributed by atoms with Crippen LogP contribution in [0.3, 0.4) is 0 Å². The van der Waals surface area contributed by atoms with E-state index in [4.69, 9.17) is 13.9 Å². The van der Waals surface area contributed by atoms with Crippen molar-refractivity contribution in [2.45, 2.75) is 6.54 Å². The van der Waals surface area contributed by atoms with Gasteiger partial charge in [0.15, 0.2) is 11.5 Å². The van der Waals surface area contributed by atoms with Crippen molar-refractivity contribution in [2.75, 3.05) is 24.9 Å². The monoisotopic (exact) mass is 354 g/mol. The lowest BCUT2D eigenvalue weighted by molar-refractivity contribution is 0.102. The van der Waals surface area contributed by atoms with Crippen molar-refractivity contribution in [3.05, 3.63) is 60.4 Å². The van der Waals surface area contributed by atoms with Crippen LogP contribution in [0.1, 0.15) is 16.2 Å². The van der Waals surface area contributed by atoms with Crippen LogP contribution in [0.4, 0.5) is 11.5 Å². The maximum absolute atomic E-state index is 12.3. The minimum atomic E-state index is -0.373. The van der Waals surface area contributed by atoms with Gasteiger partial charge in [0.2, 0.25) is 0 Å². The summed E-state index contributed by atoms with van der Waals surface area (Å²) >= 11 is 0. The van der Waals surface area contributed by atoms with Crippen molar-refractivity contribution in [3.63, 3.8) is 0 Å². The molecule has 0 spiro atoms. The average Bonchev–Trinajstić information content (AvgIpc) is 3.20. The minimum absolute atomic E-state index is 0.198. The van der Waals surface area contributed by atoms with Crippen LogP contribution in [0, 0.1) is 0 Å². The first-order valence-corrected chi connectivity index (χ1v) is 7.81. The molecule has 2 aromatic heterocycles. The van der Waals surface area contributed by atoms with E-state index in [0.717, 1.165) is 5.76 Å². The highest BCUT2D eigenvalue weighted by atomic mass is 16.5. The predicted octanol–water partition coefficient (Wildman–Crippen LogP) is 2.95. The third-order valence-corrected chi connectivity index (χ3v) is 3.55. The summed E-state index contributed by atoms with van der Waals surface area (Å²) < 4.78 is 15.6. The fraction of sp³-hybridized carbons (Fsp3) is 0.167. The van der Waals surface area contributed by atoms with Gasteiger partial charge in [0.05, 0.1) is 39.4 Å². The Bertz CT molecular complexity index is 863. The summed E-state index contributed by atoms with van der Waals surface area (Å²) in [6, 6.07) is 8.76. The highest BCUT2D eigenvalue weighted by Gasteiger charge is 2.11. The van der Waals surface area contributed by atoms with E-state index in [1.807, 2.05) is 12.1 Å². The van der Waals surface area contributed by atoms with E-state index in [1.54, 1.807) is 31.6 Å². The number of hydrogen-bond donors (Lipinski definition) is 2. The summed E-state index contributed by atoms with van der Waals surface area (Å²) in [7, 11) is 3.08. The van der Waals surface area contributed by atoms with Gasteiger partial charge < -0.3 is 24.5 Å². The van der Waals surface area contributed by atoms with Crippen LogP contribution in [0.5, 0.6) is 11.5 Å². The molecule has 0 unspecified atom stereocenters. The Morgan fingerprint density at radius 1 is 1.12 bits per heavy atom. The number of nitrogens with one attached hydrogen (secondary N) is 2. The topological polar surface area (TPSA) is 98.5 Å². The maximum atomic E-state index is 12.3. The number of carbonyl (C=O) groups is 1. The normalized spacial score (nSPS) is 10.2. The van der Waals surface area contributed by atoms with E-state index >= 15 is 0 Å². The molecule has 0 aliphatic carbocycles. The van der Waals surface area contributed by atoms with Gasteiger partial charge in [-0.3, -0.25) is 4.79 Å². The Hall–Kier alpha value is -3.55. The predicted molar refractivity (Wildman–Crippen MR) is 95.6 cm³/mol. The molecule has 0 aliphatic rings. The molecule has 1 amide bonds. The Labute approximate surface area is 150 Å². The van der Waals surface area contributed by atoms with E-state index < -0.39 is 0 Å². The summed E-state index contributed by atoms with van der Waals surface area (Å²) in [5, 5.41) is 5.81. The van der Waals surface area contributed by atoms with E-state index in [0.29, 0.717) is 29.5 Å². The Balaban J connectivity index is 1.62. The molecule has 2 N–H and O–H groups in total. The van der Waals surface area contributed by atoms with Crippen LogP contribution in [-0.2, 0) is 6.54 Å².